The highest BCUT2D eigenvalue weighted by Crippen LogP contribution is 1.82. The maximum absolute atomic E-state index is 11.1. The molecule has 0 spiro atoms. The van der Waals surface area contributed by atoms with Crippen LogP contribution in [-0.4, -0.2) is 47.5 Å². The van der Waals surface area contributed by atoms with Crippen LogP contribution in [0.3, 0.4) is 0 Å². The molecule has 0 bridgehead atoms. The second-order valence-electron chi connectivity index (χ2n) is 2.56. The van der Waals surface area contributed by atoms with E-state index in [9.17, 15) is 8.42 Å². The van der Waals surface area contributed by atoms with E-state index in [4.69, 9.17) is 0 Å². The molecular formula is C7H18N2O3S. The maximum atomic E-state index is 11.1. The fourth-order valence-corrected chi connectivity index (χ4v) is 1.68. The first-order valence-electron chi connectivity index (χ1n) is 4.29. The van der Waals surface area contributed by atoms with E-state index in [1.165, 1.54) is 7.11 Å². The lowest BCUT2D eigenvalue weighted by Crippen LogP contribution is -2.34. The Morgan fingerprint density at radius 2 is 2.00 bits per heavy atom. The minimum absolute atomic E-state index is 0.0234. The molecule has 2 N–H and O–H groups in total. The maximum Gasteiger partial charge on any atom is 0.213 e. The van der Waals surface area contributed by atoms with E-state index in [-0.39, 0.29) is 12.4 Å². The van der Waals surface area contributed by atoms with Crippen molar-refractivity contribution in [2.24, 2.45) is 0 Å². The summed E-state index contributed by atoms with van der Waals surface area (Å²) in [6.07, 6.45) is 0. The summed E-state index contributed by atoms with van der Waals surface area (Å²) in [5.41, 5.74) is 0. The van der Waals surface area contributed by atoms with E-state index < -0.39 is 10.0 Å². The number of hydrogen-bond acceptors (Lipinski definition) is 4. The Balaban J connectivity index is 3.52. The van der Waals surface area contributed by atoms with Crippen molar-refractivity contribution in [3.8, 4) is 0 Å². The zero-order valence-corrected chi connectivity index (χ0v) is 8.99. The van der Waals surface area contributed by atoms with Crippen LogP contribution >= 0.6 is 0 Å². The zero-order valence-electron chi connectivity index (χ0n) is 8.17. The fourth-order valence-electron chi connectivity index (χ4n) is 0.737. The molecule has 0 aliphatic heterocycles. The highest BCUT2D eigenvalue weighted by molar-refractivity contribution is 7.89. The summed E-state index contributed by atoms with van der Waals surface area (Å²) in [4.78, 5) is 0. The van der Waals surface area contributed by atoms with Crippen molar-refractivity contribution in [3.63, 3.8) is 0 Å². The van der Waals surface area contributed by atoms with Gasteiger partial charge in [-0.15, -0.1) is 0 Å². The monoisotopic (exact) mass is 210 g/mol. The lowest BCUT2D eigenvalue weighted by Gasteiger charge is -2.05. The molecule has 6 heteroatoms. The summed E-state index contributed by atoms with van der Waals surface area (Å²) >= 11 is 0. The number of nitrogens with one attached hydrogen (secondary N) is 2. The summed E-state index contributed by atoms with van der Waals surface area (Å²) in [6, 6.07) is 0. The molecule has 0 amide bonds. The molecule has 0 saturated carbocycles. The average molecular weight is 210 g/mol. The molecule has 0 atom stereocenters. The van der Waals surface area contributed by atoms with E-state index in [0.29, 0.717) is 13.1 Å². The van der Waals surface area contributed by atoms with Gasteiger partial charge in [-0.3, -0.25) is 0 Å². The molecule has 0 unspecified atom stereocenters. The molecule has 80 valence electrons. The first kappa shape index (κ1) is 12.8. The quantitative estimate of drug-likeness (QED) is 0.513. The lowest BCUT2D eigenvalue weighted by atomic mass is 10.6. The highest BCUT2D eigenvalue weighted by Gasteiger charge is 2.07. The van der Waals surface area contributed by atoms with Crippen LogP contribution in [-0.2, 0) is 14.8 Å². The van der Waals surface area contributed by atoms with Gasteiger partial charge in [0, 0.05) is 20.2 Å². The SMILES string of the molecule is CCNCCNS(=O)(=O)CCOC. The molecule has 0 radical (unpaired) electrons. The molecule has 0 fully saturated rings. The molecule has 0 aromatic carbocycles. The third kappa shape index (κ3) is 8.17. The highest BCUT2D eigenvalue weighted by atomic mass is 32.2. The number of methoxy groups -OCH3 is 1. The van der Waals surface area contributed by atoms with Crippen LogP contribution in [0, 0.1) is 0 Å². The van der Waals surface area contributed by atoms with E-state index in [1.807, 2.05) is 6.92 Å². The van der Waals surface area contributed by atoms with E-state index in [1.54, 1.807) is 0 Å². The van der Waals surface area contributed by atoms with Crippen molar-refractivity contribution in [1.29, 1.82) is 0 Å². The van der Waals surface area contributed by atoms with Gasteiger partial charge in [0.2, 0.25) is 10.0 Å². The number of ether oxygens (including phenoxy) is 1. The van der Waals surface area contributed by atoms with Gasteiger partial charge in [-0.1, -0.05) is 6.92 Å². The standard InChI is InChI=1S/C7H18N2O3S/c1-3-8-4-5-9-13(10,11)7-6-12-2/h8-9H,3-7H2,1-2H3. The summed E-state index contributed by atoms with van der Waals surface area (Å²) in [5, 5.41) is 3.02. The van der Waals surface area contributed by atoms with Crippen LogP contribution in [0.2, 0.25) is 0 Å². The first-order chi connectivity index (χ1) is 6.12. The molecule has 0 aliphatic carbocycles. The van der Waals surface area contributed by atoms with E-state index in [2.05, 4.69) is 14.8 Å². The van der Waals surface area contributed by atoms with Crippen LogP contribution in [0.5, 0.6) is 0 Å². The Bertz CT molecular complexity index is 204. The van der Waals surface area contributed by atoms with Crippen LogP contribution in [0.15, 0.2) is 0 Å². The number of likely N-dealkylation sites (N-methyl/N-ethyl adjacent to an activating group) is 1. The smallest absolute Gasteiger partial charge is 0.213 e. The zero-order chi connectivity index (χ0) is 10.2. The summed E-state index contributed by atoms with van der Waals surface area (Å²) < 4.78 is 29.4. The molecule has 13 heavy (non-hydrogen) atoms. The van der Waals surface area contributed by atoms with Gasteiger partial charge in [-0.2, -0.15) is 0 Å². The van der Waals surface area contributed by atoms with Crippen molar-refractivity contribution >= 4 is 10.0 Å². The van der Waals surface area contributed by atoms with Crippen LogP contribution in [0.1, 0.15) is 6.92 Å². The third-order valence-electron chi connectivity index (χ3n) is 1.43. The van der Waals surface area contributed by atoms with Crippen LogP contribution in [0.25, 0.3) is 0 Å². The average Bonchev–Trinajstić information content (AvgIpc) is 2.09. The van der Waals surface area contributed by atoms with E-state index in [0.717, 1.165) is 6.54 Å². The second kappa shape index (κ2) is 7.25. The minimum atomic E-state index is -3.14. The Morgan fingerprint density at radius 1 is 1.31 bits per heavy atom. The fraction of sp³-hybridized carbons (Fsp3) is 1.00. The Kier molecular flexibility index (Phi) is 7.16. The Hall–Kier alpha value is -0.170. The van der Waals surface area contributed by atoms with Gasteiger partial charge < -0.3 is 10.1 Å². The van der Waals surface area contributed by atoms with Crippen LogP contribution in [0.4, 0.5) is 0 Å². The second-order valence-corrected chi connectivity index (χ2v) is 4.49. The largest absolute Gasteiger partial charge is 0.384 e. The van der Waals surface area contributed by atoms with Crippen molar-refractivity contribution in [1.82, 2.24) is 10.0 Å². The molecule has 0 aromatic heterocycles. The summed E-state index contributed by atoms with van der Waals surface area (Å²) in [5.74, 6) is 0.0234. The minimum Gasteiger partial charge on any atom is -0.384 e. The normalized spacial score (nSPS) is 11.8. The van der Waals surface area contributed by atoms with Crippen LogP contribution < -0.4 is 10.0 Å². The van der Waals surface area contributed by atoms with Gasteiger partial charge in [-0.05, 0) is 6.54 Å². The van der Waals surface area contributed by atoms with Crippen molar-refractivity contribution in [2.75, 3.05) is 39.1 Å². The Labute approximate surface area is 79.9 Å². The topological polar surface area (TPSA) is 67.4 Å². The lowest BCUT2D eigenvalue weighted by molar-refractivity contribution is 0.217. The predicted molar refractivity (Wildman–Crippen MR) is 52.2 cm³/mol. The molecule has 0 rings (SSSR count). The van der Waals surface area contributed by atoms with Gasteiger partial charge in [0.1, 0.15) is 0 Å². The van der Waals surface area contributed by atoms with Gasteiger partial charge in [0.25, 0.3) is 0 Å². The number of rotatable bonds is 8. The molecule has 0 aromatic rings. The summed E-state index contributed by atoms with van der Waals surface area (Å²) in [6.45, 7) is 4.14. The van der Waals surface area contributed by atoms with Crippen molar-refractivity contribution < 1.29 is 13.2 Å². The molecule has 5 nitrogen and oxygen atoms in total. The molecule has 0 aliphatic rings. The number of sulfonamides is 1. The van der Waals surface area contributed by atoms with Crippen molar-refractivity contribution in [3.05, 3.63) is 0 Å². The first-order valence-corrected chi connectivity index (χ1v) is 5.94. The van der Waals surface area contributed by atoms with Gasteiger partial charge in [-0.25, -0.2) is 13.1 Å². The van der Waals surface area contributed by atoms with E-state index >= 15 is 0 Å². The third-order valence-corrected chi connectivity index (χ3v) is 2.78. The van der Waals surface area contributed by atoms with Crippen molar-refractivity contribution in [2.45, 2.75) is 6.92 Å². The molecular weight excluding hydrogens is 192 g/mol. The number of hydrogen-bond donors (Lipinski definition) is 2. The Morgan fingerprint density at radius 3 is 2.54 bits per heavy atom. The predicted octanol–water partition coefficient (Wildman–Crippen LogP) is -0.838. The summed E-state index contributed by atoms with van der Waals surface area (Å²) in [7, 11) is -1.66. The molecule has 0 heterocycles. The molecule has 0 saturated heterocycles. The van der Waals surface area contributed by atoms with Gasteiger partial charge in [0.05, 0.1) is 12.4 Å². The van der Waals surface area contributed by atoms with Gasteiger partial charge >= 0.3 is 0 Å². The van der Waals surface area contributed by atoms with Gasteiger partial charge in [0.15, 0.2) is 0 Å².